The van der Waals surface area contributed by atoms with Crippen LogP contribution >= 0.6 is 0 Å². The third-order valence-electron chi connectivity index (χ3n) is 3.64. The molecule has 0 saturated heterocycles. The van der Waals surface area contributed by atoms with Crippen molar-refractivity contribution in [2.75, 3.05) is 0 Å². The molecule has 1 saturated carbocycles. The molecular formula is C12H21NO3. The number of carbonyl (C=O) groups excluding carboxylic acids is 2. The van der Waals surface area contributed by atoms with Crippen LogP contribution in [-0.2, 0) is 9.53 Å². The van der Waals surface area contributed by atoms with Crippen molar-refractivity contribution in [1.82, 2.24) is 0 Å². The highest BCUT2D eigenvalue weighted by Gasteiger charge is 2.31. The number of Topliss-reactive ketones (excluding diaryl/α,β-unsaturated/α-hetero) is 1. The molecular weight excluding hydrogens is 206 g/mol. The van der Waals surface area contributed by atoms with E-state index >= 15 is 0 Å². The van der Waals surface area contributed by atoms with Gasteiger partial charge >= 0.3 is 6.09 Å². The summed E-state index contributed by atoms with van der Waals surface area (Å²) in [7, 11) is 0. The molecule has 0 aromatic carbocycles. The zero-order valence-corrected chi connectivity index (χ0v) is 10.1. The molecule has 0 heterocycles. The molecule has 1 aliphatic rings. The topological polar surface area (TPSA) is 69.4 Å². The lowest BCUT2D eigenvalue weighted by Gasteiger charge is -2.30. The Kier molecular flexibility index (Phi) is 4.33. The summed E-state index contributed by atoms with van der Waals surface area (Å²) in [5.74, 6) is 0.266. The van der Waals surface area contributed by atoms with Crippen LogP contribution in [0.2, 0.25) is 0 Å². The van der Waals surface area contributed by atoms with Crippen LogP contribution in [0.1, 0.15) is 52.4 Å². The Labute approximate surface area is 96.5 Å². The molecule has 0 aromatic heterocycles. The molecule has 1 fully saturated rings. The Morgan fingerprint density at radius 2 is 1.75 bits per heavy atom. The first-order valence-corrected chi connectivity index (χ1v) is 5.91. The van der Waals surface area contributed by atoms with Crippen LogP contribution in [0.3, 0.4) is 0 Å². The first kappa shape index (κ1) is 13.0. The highest BCUT2D eigenvalue weighted by molar-refractivity contribution is 5.81. The molecule has 0 aliphatic heterocycles. The fourth-order valence-electron chi connectivity index (χ4n) is 2.34. The van der Waals surface area contributed by atoms with Crippen molar-refractivity contribution in [3.63, 3.8) is 0 Å². The number of rotatable bonds is 2. The minimum Gasteiger partial charge on any atom is -0.446 e. The molecule has 1 rings (SSSR count). The molecule has 0 bridgehead atoms. The van der Waals surface area contributed by atoms with Gasteiger partial charge in [-0.15, -0.1) is 0 Å². The molecule has 0 radical (unpaired) electrons. The van der Waals surface area contributed by atoms with Crippen LogP contribution < -0.4 is 5.73 Å². The lowest BCUT2D eigenvalue weighted by molar-refractivity contribution is -0.127. The van der Waals surface area contributed by atoms with E-state index in [1.54, 1.807) is 6.92 Å². The monoisotopic (exact) mass is 227 g/mol. The summed E-state index contributed by atoms with van der Waals surface area (Å²) >= 11 is 0. The summed E-state index contributed by atoms with van der Waals surface area (Å²) in [6.07, 6.45) is 4.44. The van der Waals surface area contributed by atoms with Crippen molar-refractivity contribution in [2.24, 2.45) is 11.1 Å². The van der Waals surface area contributed by atoms with Crippen LogP contribution in [-0.4, -0.2) is 18.0 Å². The Morgan fingerprint density at radius 1 is 1.25 bits per heavy atom. The maximum absolute atomic E-state index is 11.5. The zero-order chi connectivity index (χ0) is 12.2. The number of primary amides is 1. The second-order valence-corrected chi connectivity index (χ2v) is 4.96. The van der Waals surface area contributed by atoms with E-state index in [4.69, 9.17) is 10.5 Å². The van der Waals surface area contributed by atoms with Crippen LogP contribution in [0, 0.1) is 5.41 Å². The van der Waals surface area contributed by atoms with Crippen molar-refractivity contribution in [2.45, 2.75) is 58.5 Å². The van der Waals surface area contributed by atoms with Gasteiger partial charge in [0, 0.05) is 5.41 Å². The maximum atomic E-state index is 11.5. The van der Waals surface area contributed by atoms with Gasteiger partial charge in [-0.1, -0.05) is 6.92 Å². The minimum absolute atomic E-state index is 0.0611. The number of carbonyl (C=O) groups is 2. The van der Waals surface area contributed by atoms with E-state index in [1.165, 1.54) is 0 Å². The average molecular weight is 227 g/mol. The maximum Gasteiger partial charge on any atom is 0.404 e. The van der Waals surface area contributed by atoms with Gasteiger partial charge in [0.05, 0.1) is 0 Å². The molecule has 1 amide bonds. The molecule has 0 unspecified atom stereocenters. The third-order valence-corrected chi connectivity index (χ3v) is 3.64. The van der Waals surface area contributed by atoms with Crippen molar-refractivity contribution < 1.29 is 14.3 Å². The molecule has 0 atom stereocenters. The highest BCUT2D eigenvalue weighted by atomic mass is 16.6. The van der Waals surface area contributed by atoms with Gasteiger partial charge in [-0.05, 0) is 45.4 Å². The van der Waals surface area contributed by atoms with Crippen LogP contribution in [0.4, 0.5) is 4.79 Å². The first-order valence-electron chi connectivity index (χ1n) is 5.91. The van der Waals surface area contributed by atoms with Crippen molar-refractivity contribution in [3.8, 4) is 0 Å². The Bertz CT molecular complexity index is 265. The third kappa shape index (κ3) is 3.51. The summed E-state index contributed by atoms with van der Waals surface area (Å²) in [5, 5.41) is 0. The standard InChI is InChI=1S/C12H21NO3/c1-9(14)12(2)7-3-5-10(6-4-8-12)16-11(13)15/h10H,3-8H2,1-2H3,(H2,13,15). The van der Waals surface area contributed by atoms with Crippen molar-refractivity contribution in [3.05, 3.63) is 0 Å². The number of amides is 1. The van der Waals surface area contributed by atoms with E-state index in [0.717, 1.165) is 38.5 Å². The molecule has 2 N–H and O–H groups in total. The second-order valence-electron chi connectivity index (χ2n) is 4.96. The van der Waals surface area contributed by atoms with Gasteiger partial charge in [-0.3, -0.25) is 4.79 Å². The van der Waals surface area contributed by atoms with E-state index in [1.807, 2.05) is 6.92 Å². The smallest absolute Gasteiger partial charge is 0.404 e. The minimum atomic E-state index is -0.695. The SMILES string of the molecule is CC(=O)C1(C)CCCC(OC(N)=O)CCC1. The molecule has 0 aromatic rings. The first-order chi connectivity index (χ1) is 7.44. The van der Waals surface area contributed by atoms with Gasteiger partial charge in [0.2, 0.25) is 0 Å². The number of ketones is 1. The van der Waals surface area contributed by atoms with Crippen molar-refractivity contribution >= 4 is 11.9 Å². The fourth-order valence-corrected chi connectivity index (χ4v) is 2.34. The normalized spacial score (nSPS) is 31.2. The summed E-state index contributed by atoms with van der Waals surface area (Å²) in [4.78, 5) is 22.2. The number of nitrogens with two attached hydrogens (primary N) is 1. The molecule has 0 spiro atoms. The van der Waals surface area contributed by atoms with Crippen molar-refractivity contribution in [1.29, 1.82) is 0 Å². The molecule has 92 valence electrons. The molecule has 1 aliphatic carbocycles. The molecule has 4 heteroatoms. The lowest BCUT2D eigenvalue weighted by Crippen LogP contribution is -2.30. The van der Waals surface area contributed by atoms with Gasteiger partial charge in [-0.2, -0.15) is 0 Å². The predicted octanol–water partition coefficient (Wildman–Crippen LogP) is 2.40. The van der Waals surface area contributed by atoms with Crippen LogP contribution in [0.25, 0.3) is 0 Å². The fraction of sp³-hybridized carbons (Fsp3) is 0.833. The van der Waals surface area contributed by atoms with Gasteiger partial charge in [-0.25, -0.2) is 4.79 Å². The van der Waals surface area contributed by atoms with E-state index in [-0.39, 0.29) is 17.3 Å². The Balaban J connectivity index is 2.49. The number of hydrogen-bond donors (Lipinski definition) is 1. The van der Waals surface area contributed by atoms with E-state index < -0.39 is 6.09 Å². The number of hydrogen-bond acceptors (Lipinski definition) is 3. The van der Waals surface area contributed by atoms with E-state index in [9.17, 15) is 9.59 Å². The van der Waals surface area contributed by atoms with Crippen LogP contribution in [0.15, 0.2) is 0 Å². The molecule has 4 nitrogen and oxygen atoms in total. The Morgan fingerprint density at radius 3 is 2.12 bits per heavy atom. The quantitative estimate of drug-likeness (QED) is 0.787. The largest absolute Gasteiger partial charge is 0.446 e. The summed E-state index contributed by atoms with van der Waals surface area (Å²) in [6.45, 7) is 3.70. The molecule has 16 heavy (non-hydrogen) atoms. The zero-order valence-electron chi connectivity index (χ0n) is 10.1. The van der Waals surface area contributed by atoms with Gasteiger partial charge in [0.25, 0.3) is 0 Å². The van der Waals surface area contributed by atoms with E-state index in [2.05, 4.69) is 0 Å². The van der Waals surface area contributed by atoms with Gasteiger partial charge in [0.15, 0.2) is 0 Å². The lowest BCUT2D eigenvalue weighted by atomic mass is 9.75. The number of ether oxygens (including phenoxy) is 1. The van der Waals surface area contributed by atoms with E-state index in [0.29, 0.717) is 0 Å². The second kappa shape index (κ2) is 5.32. The van der Waals surface area contributed by atoms with Gasteiger partial charge < -0.3 is 10.5 Å². The highest BCUT2D eigenvalue weighted by Crippen LogP contribution is 2.35. The summed E-state index contributed by atoms with van der Waals surface area (Å²) in [6, 6.07) is 0. The van der Waals surface area contributed by atoms with Gasteiger partial charge in [0.1, 0.15) is 11.9 Å². The summed E-state index contributed by atoms with van der Waals surface area (Å²) in [5.41, 5.74) is 4.82. The van der Waals surface area contributed by atoms with Crippen LogP contribution in [0.5, 0.6) is 0 Å². The Hall–Kier alpha value is -1.06. The summed E-state index contributed by atoms with van der Waals surface area (Å²) < 4.78 is 5.01. The average Bonchev–Trinajstić information content (AvgIpc) is 2.13. The predicted molar refractivity (Wildman–Crippen MR) is 60.9 cm³/mol.